The molecule has 11 heavy (non-hydrogen) atoms. The summed E-state index contributed by atoms with van der Waals surface area (Å²) in [7, 11) is 2.22. The molecule has 0 amide bonds. The van der Waals surface area contributed by atoms with Crippen molar-refractivity contribution in [1.29, 1.82) is 0 Å². The molecule has 0 spiro atoms. The Balaban J connectivity index is 3.44. The van der Waals surface area contributed by atoms with Gasteiger partial charge in [0.05, 0.1) is 0 Å². The lowest BCUT2D eigenvalue weighted by Crippen LogP contribution is -2.25. The molecule has 0 N–H and O–H groups in total. The van der Waals surface area contributed by atoms with Crippen LogP contribution >= 0.6 is 0 Å². The third-order valence-corrected chi connectivity index (χ3v) is 2.33. The van der Waals surface area contributed by atoms with Gasteiger partial charge in [-0.2, -0.15) is 0 Å². The first-order valence-corrected chi connectivity index (χ1v) is 4.93. The lowest BCUT2D eigenvalue weighted by Gasteiger charge is -2.21. The van der Waals surface area contributed by atoms with E-state index in [4.69, 9.17) is 0 Å². The quantitative estimate of drug-likeness (QED) is 0.573. The largest absolute Gasteiger partial charge is 0.306 e. The molecule has 0 radical (unpaired) electrons. The molecule has 0 fully saturated rings. The minimum absolute atomic E-state index is 0.909. The van der Waals surface area contributed by atoms with Crippen LogP contribution in [0, 0.1) is 5.92 Å². The van der Waals surface area contributed by atoms with Gasteiger partial charge < -0.3 is 4.90 Å². The van der Waals surface area contributed by atoms with E-state index in [-0.39, 0.29) is 0 Å². The van der Waals surface area contributed by atoms with Gasteiger partial charge in [-0.25, -0.2) is 0 Å². The minimum atomic E-state index is 0.909. The number of nitrogens with zero attached hydrogens (tertiary/aromatic N) is 1. The maximum absolute atomic E-state index is 2.44. The van der Waals surface area contributed by atoms with Crippen LogP contribution in [0.5, 0.6) is 0 Å². The Bertz CT molecular complexity index is 76.9. The highest BCUT2D eigenvalue weighted by atomic mass is 15.1. The maximum Gasteiger partial charge on any atom is 0.000640 e. The molecule has 0 heterocycles. The van der Waals surface area contributed by atoms with Crippen molar-refractivity contribution in [2.24, 2.45) is 5.92 Å². The first-order valence-electron chi connectivity index (χ1n) is 4.93. The second-order valence-electron chi connectivity index (χ2n) is 3.44. The molecule has 68 valence electrons. The second-order valence-corrected chi connectivity index (χ2v) is 3.44. The Labute approximate surface area is 71.8 Å². The summed E-state index contributed by atoms with van der Waals surface area (Å²) in [5.74, 6) is 0.909. The van der Waals surface area contributed by atoms with Crippen molar-refractivity contribution in [3.8, 4) is 0 Å². The van der Waals surface area contributed by atoms with Crippen molar-refractivity contribution < 1.29 is 0 Å². The molecule has 0 aliphatic rings. The molecule has 1 nitrogen and oxygen atoms in total. The van der Waals surface area contributed by atoms with Gasteiger partial charge >= 0.3 is 0 Å². The molecule has 0 aliphatic carbocycles. The predicted molar refractivity (Wildman–Crippen MR) is 51.9 cm³/mol. The van der Waals surface area contributed by atoms with Gasteiger partial charge in [0.2, 0.25) is 0 Å². The highest BCUT2D eigenvalue weighted by Crippen LogP contribution is 2.08. The van der Waals surface area contributed by atoms with Crippen LogP contribution < -0.4 is 0 Å². The molecular weight excluding hydrogens is 134 g/mol. The summed E-state index contributed by atoms with van der Waals surface area (Å²) in [5, 5.41) is 0. The summed E-state index contributed by atoms with van der Waals surface area (Å²) >= 11 is 0. The van der Waals surface area contributed by atoms with E-state index in [1.807, 2.05) is 0 Å². The Hall–Kier alpha value is -0.0400. The monoisotopic (exact) mass is 157 g/mol. The van der Waals surface area contributed by atoms with Crippen molar-refractivity contribution in [2.45, 2.75) is 40.0 Å². The van der Waals surface area contributed by atoms with Crippen LogP contribution in [-0.2, 0) is 0 Å². The van der Waals surface area contributed by atoms with Crippen LogP contribution in [0.25, 0.3) is 0 Å². The van der Waals surface area contributed by atoms with Crippen LogP contribution in [0.2, 0.25) is 0 Å². The van der Waals surface area contributed by atoms with Crippen LogP contribution in [-0.4, -0.2) is 25.0 Å². The third-order valence-electron chi connectivity index (χ3n) is 2.33. The fourth-order valence-corrected chi connectivity index (χ4v) is 1.46. The summed E-state index contributed by atoms with van der Waals surface area (Å²) in [6.07, 6.45) is 3.92. The van der Waals surface area contributed by atoms with E-state index < -0.39 is 0 Å². The maximum atomic E-state index is 2.44. The molecule has 0 saturated heterocycles. The molecule has 0 bridgehead atoms. The number of rotatable bonds is 6. The van der Waals surface area contributed by atoms with Gasteiger partial charge in [-0.15, -0.1) is 0 Å². The standard InChI is InChI=1S/C10H23N/c1-5-8-11(4)9-10(6-2)7-3/h10H,5-9H2,1-4H3. The van der Waals surface area contributed by atoms with E-state index in [0.717, 1.165) is 5.92 Å². The Morgan fingerprint density at radius 1 is 1.09 bits per heavy atom. The normalized spacial score (nSPS) is 11.5. The Kier molecular flexibility index (Phi) is 6.63. The lowest BCUT2D eigenvalue weighted by molar-refractivity contribution is 0.267. The lowest BCUT2D eigenvalue weighted by atomic mass is 10.0. The Morgan fingerprint density at radius 3 is 2.00 bits per heavy atom. The van der Waals surface area contributed by atoms with E-state index >= 15 is 0 Å². The number of hydrogen-bond donors (Lipinski definition) is 0. The molecule has 0 rings (SSSR count). The summed E-state index contributed by atoms with van der Waals surface area (Å²) < 4.78 is 0. The zero-order valence-electron chi connectivity index (χ0n) is 8.56. The van der Waals surface area contributed by atoms with E-state index in [0.29, 0.717) is 0 Å². The van der Waals surface area contributed by atoms with Crippen LogP contribution in [0.15, 0.2) is 0 Å². The van der Waals surface area contributed by atoms with Gasteiger partial charge in [-0.1, -0.05) is 33.6 Å². The first kappa shape index (κ1) is 11.0. The zero-order chi connectivity index (χ0) is 8.69. The first-order chi connectivity index (χ1) is 5.24. The van der Waals surface area contributed by atoms with Crippen molar-refractivity contribution >= 4 is 0 Å². The third kappa shape index (κ3) is 5.25. The minimum Gasteiger partial charge on any atom is -0.306 e. The van der Waals surface area contributed by atoms with E-state index in [1.165, 1.54) is 32.4 Å². The van der Waals surface area contributed by atoms with Crippen LogP contribution in [0.1, 0.15) is 40.0 Å². The van der Waals surface area contributed by atoms with Gasteiger partial charge in [0.15, 0.2) is 0 Å². The SMILES string of the molecule is CCCN(C)CC(CC)CC. The van der Waals surface area contributed by atoms with Crippen molar-refractivity contribution in [1.82, 2.24) is 4.90 Å². The molecule has 0 aliphatic heterocycles. The van der Waals surface area contributed by atoms with Crippen molar-refractivity contribution in [3.63, 3.8) is 0 Å². The van der Waals surface area contributed by atoms with E-state index in [2.05, 4.69) is 32.7 Å². The van der Waals surface area contributed by atoms with E-state index in [9.17, 15) is 0 Å². The Morgan fingerprint density at radius 2 is 1.64 bits per heavy atom. The average molecular weight is 157 g/mol. The molecule has 0 saturated carbocycles. The highest BCUT2D eigenvalue weighted by molar-refractivity contribution is 4.59. The van der Waals surface area contributed by atoms with Gasteiger partial charge in [0.25, 0.3) is 0 Å². The van der Waals surface area contributed by atoms with Gasteiger partial charge in [-0.05, 0) is 25.9 Å². The summed E-state index contributed by atoms with van der Waals surface area (Å²) in [4.78, 5) is 2.44. The second kappa shape index (κ2) is 6.66. The van der Waals surface area contributed by atoms with Crippen molar-refractivity contribution in [2.75, 3.05) is 20.1 Å². The van der Waals surface area contributed by atoms with Gasteiger partial charge in [-0.3, -0.25) is 0 Å². The number of hydrogen-bond acceptors (Lipinski definition) is 1. The molecule has 0 aromatic rings. The molecule has 1 heteroatoms. The fraction of sp³-hybridized carbons (Fsp3) is 1.00. The van der Waals surface area contributed by atoms with Gasteiger partial charge in [0.1, 0.15) is 0 Å². The summed E-state index contributed by atoms with van der Waals surface area (Å²) in [6.45, 7) is 9.34. The van der Waals surface area contributed by atoms with Crippen LogP contribution in [0.3, 0.4) is 0 Å². The molecule has 0 unspecified atom stereocenters. The predicted octanol–water partition coefficient (Wildman–Crippen LogP) is 2.76. The van der Waals surface area contributed by atoms with E-state index in [1.54, 1.807) is 0 Å². The van der Waals surface area contributed by atoms with Gasteiger partial charge in [0, 0.05) is 6.54 Å². The summed E-state index contributed by atoms with van der Waals surface area (Å²) in [5.41, 5.74) is 0. The van der Waals surface area contributed by atoms with Crippen molar-refractivity contribution in [3.05, 3.63) is 0 Å². The fourth-order valence-electron chi connectivity index (χ4n) is 1.46. The molecule has 0 atom stereocenters. The average Bonchev–Trinajstić information content (AvgIpc) is 2.01. The van der Waals surface area contributed by atoms with Crippen LogP contribution in [0.4, 0.5) is 0 Å². The summed E-state index contributed by atoms with van der Waals surface area (Å²) in [6, 6.07) is 0. The molecular formula is C10H23N. The highest BCUT2D eigenvalue weighted by Gasteiger charge is 2.05. The topological polar surface area (TPSA) is 3.24 Å². The zero-order valence-corrected chi connectivity index (χ0v) is 8.56. The molecule has 0 aromatic carbocycles. The smallest absolute Gasteiger partial charge is 0.000640 e. The molecule has 0 aromatic heterocycles.